The molecule has 1 aliphatic rings. The summed E-state index contributed by atoms with van der Waals surface area (Å²) in [4.78, 5) is 23.2. The minimum Gasteiger partial charge on any atom is -0.332 e. The fourth-order valence-corrected chi connectivity index (χ4v) is 2.97. The summed E-state index contributed by atoms with van der Waals surface area (Å²) in [6, 6.07) is 1.91. The van der Waals surface area contributed by atoms with Crippen LogP contribution >= 0.6 is 0 Å². The Kier molecular flexibility index (Phi) is 4.18. The van der Waals surface area contributed by atoms with E-state index in [1.165, 1.54) is 0 Å². The lowest BCUT2D eigenvalue weighted by atomic mass is 9.99. The van der Waals surface area contributed by atoms with Crippen LogP contribution in [0.1, 0.15) is 48.1 Å². The predicted molar refractivity (Wildman–Crippen MR) is 82.1 cm³/mol. The molecule has 0 unspecified atom stereocenters. The second-order valence-electron chi connectivity index (χ2n) is 5.86. The molecule has 1 atom stereocenters. The Morgan fingerprint density at radius 3 is 3.00 bits per heavy atom. The number of piperidine rings is 1. The van der Waals surface area contributed by atoms with E-state index in [1.54, 1.807) is 12.4 Å². The van der Waals surface area contributed by atoms with E-state index in [0.717, 1.165) is 48.6 Å². The molecule has 3 heterocycles. The Balaban J connectivity index is 1.78. The first-order chi connectivity index (χ1) is 10.6. The van der Waals surface area contributed by atoms with Gasteiger partial charge >= 0.3 is 0 Å². The lowest BCUT2D eigenvalue weighted by Gasteiger charge is -2.34. The van der Waals surface area contributed by atoms with E-state index in [4.69, 9.17) is 0 Å². The summed E-state index contributed by atoms with van der Waals surface area (Å²) < 4.78 is 0. The number of amides is 1. The molecule has 0 spiro atoms. The van der Waals surface area contributed by atoms with E-state index < -0.39 is 0 Å². The van der Waals surface area contributed by atoms with Gasteiger partial charge in [0.25, 0.3) is 0 Å². The maximum absolute atomic E-state index is 12.8. The number of nitrogens with zero attached hydrogens (tertiary/aromatic N) is 4. The summed E-state index contributed by atoms with van der Waals surface area (Å²) in [7, 11) is 0. The molecule has 0 radical (unpaired) electrons. The number of likely N-dealkylation sites (tertiary alicyclic amines) is 1. The number of aryl methyl sites for hydroxylation is 2. The Bertz CT molecular complexity index is 666. The molecule has 0 saturated carbocycles. The first-order valence-corrected chi connectivity index (χ1v) is 7.73. The minimum absolute atomic E-state index is 0.00616. The molecule has 1 aliphatic heterocycles. The van der Waals surface area contributed by atoms with Gasteiger partial charge < -0.3 is 4.90 Å². The van der Waals surface area contributed by atoms with E-state index >= 15 is 0 Å². The van der Waals surface area contributed by atoms with Crippen LogP contribution < -0.4 is 0 Å². The van der Waals surface area contributed by atoms with Crippen LogP contribution in [0.25, 0.3) is 0 Å². The smallest absolute Gasteiger partial charge is 0.227 e. The van der Waals surface area contributed by atoms with Gasteiger partial charge in [-0.3, -0.25) is 14.9 Å². The molecule has 1 N–H and O–H groups in total. The van der Waals surface area contributed by atoms with Crippen molar-refractivity contribution < 1.29 is 4.79 Å². The fourth-order valence-electron chi connectivity index (χ4n) is 2.97. The number of pyridine rings is 1. The van der Waals surface area contributed by atoms with Crippen molar-refractivity contribution in [3.8, 4) is 0 Å². The summed E-state index contributed by atoms with van der Waals surface area (Å²) in [6.07, 6.45) is 7.03. The van der Waals surface area contributed by atoms with Gasteiger partial charge in [0.2, 0.25) is 5.91 Å². The second kappa shape index (κ2) is 6.25. The maximum atomic E-state index is 12.8. The molecular formula is C16H21N5O. The van der Waals surface area contributed by atoms with E-state index in [2.05, 4.69) is 20.2 Å². The molecule has 2 aromatic heterocycles. The predicted octanol–water partition coefficient (Wildman–Crippen LogP) is 2.11. The number of hydrogen-bond acceptors (Lipinski definition) is 4. The normalized spacial score (nSPS) is 18.5. The SMILES string of the molecule is Cc1nc([C@@H]2CCCCN2C(=O)Cc2ccncc2C)n[nH]1. The summed E-state index contributed by atoms with van der Waals surface area (Å²) >= 11 is 0. The molecule has 3 rings (SSSR count). The van der Waals surface area contributed by atoms with Crippen LogP contribution in [-0.2, 0) is 11.2 Å². The first kappa shape index (κ1) is 14.7. The Labute approximate surface area is 130 Å². The van der Waals surface area contributed by atoms with Gasteiger partial charge in [-0.2, -0.15) is 5.10 Å². The van der Waals surface area contributed by atoms with Crippen molar-refractivity contribution in [2.45, 2.75) is 45.6 Å². The highest BCUT2D eigenvalue weighted by molar-refractivity contribution is 5.79. The second-order valence-corrected chi connectivity index (χ2v) is 5.86. The van der Waals surface area contributed by atoms with Gasteiger partial charge in [-0.15, -0.1) is 0 Å². The van der Waals surface area contributed by atoms with E-state index in [9.17, 15) is 4.79 Å². The van der Waals surface area contributed by atoms with Crippen LogP contribution in [0.3, 0.4) is 0 Å². The average molecular weight is 299 g/mol. The molecule has 1 saturated heterocycles. The summed E-state index contributed by atoms with van der Waals surface area (Å²) in [5, 5.41) is 7.13. The molecule has 6 heteroatoms. The number of H-pyrrole nitrogens is 1. The Morgan fingerprint density at radius 1 is 1.41 bits per heavy atom. The van der Waals surface area contributed by atoms with Gasteiger partial charge in [0.15, 0.2) is 5.82 Å². The standard InChI is InChI=1S/C16H21N5O/c1-11-10-17-7-6-13(11)9-15(22)21-8-4-3-5-14(21)16-18-12(2)19-20-16/h6-7,10,14H,3-5,8-9H2,1-2H3,(H,18,19,20)/t14-/m0/s1. The zero-order valence-corrected chi connectivity index (χ0v) is 13.0. The third kappa shape index (κ3) is 3.00. The van der Waals surface area contributed by atoms with Crippen molar-refractivity contribution in [3.05, 3.63) is 41.2 Å². The minimum atomic E-state index is -0.00616. The zero-order valence-electron chi connectivity index (χ0n) is 13.0. The number of carbonyl (C=O) groups is 1. The van der Waals surface area contributed by atoms with Gasteiger partial charge in [0, 0.05) is 18.9 Å². The van der Waals surface area contributed by atoms with E-state index in [0.29, 0.717) is 6.42 Å². The number of aromatic nitrogens is 4. The highest BCUT2D eigenvalue weighted by Gasteiger charge is 2.30. The molecule has 1 amide bonds. The lowest BCUT2D eigenvalue weighted by Crippen LogP contribution is -2.40. The van der Waals surface area contributed by atoms with Crippen molar-refractivity contribution in [1.29, 1.82) is 0 Å². The van der Waals surface area contributed by atoms with E-state index in [1.807, 2.05) is 24.8 Å². The van der Waals surface area contributed by atoms with E-state index in [-0.39, 0.29) is 11.9 Å². The number of hydrogen-bond donors (Lipinski definition) is 1. The van der Waals surface area contributed by atoms with Crippen LogP contribution in [0.4, 0.5) is 0 Å². The molecule has 0 aliphatic carbocycles. The van der Waals surface area contributed by atoms with Crippen LogP contribution in [0, 0.1) is 13.8 Å². The highest BCUT2D eigenvalue weighted by Crippen LogP contribution is 2.29. The summed E-state index contributed by atoms with van der Waals surface area (Å²) in [5.41, 5.74) is 2.09. The molecule has 6 nitrogen and oxygen atoms in total. The molecule has 0 aromatic carbocycles. The van der Waals surface area contributed by atoms with Crippen molar-refractivity contribution >= 4 is 5.91 Å². The number of nitrogens with one attached hydrogen (secondary N) is 1. The quantitative estimate of drug-likeness (QED) is 0.942. The third-order valence-corrected chi connectivity index (χ3v) is 4.21. The van der Waals surface area contributed by atoms with Gasteiger partial charge in [-0.25, -0.2) is 4.98 Å². The van der Waals surface area contributed by atoms with Crippen molar-refractivity contribution in [2.24, 2.45) is 0 Å². The van der Waals surface area contributed by atoms with Crippen LogP contribution in [0.15, 0.2) is 18.5 Å². The first-order valence-electron chi connectivity index (χ1n) is 7.73. The highest BCUT2D eigenvalue weighted by atomic mass is 16.2. The number of carbonyl (C=O) groups excluding carboxylic acids is 1. The topological polar surface area (TPSA) is 74.8 Å². The average Bonchev–Trinajstić information content (AvgIpc) is 2.96. The Morgan fingerprint density at radius 2 is 2.27 bits per heavy atom. The molecule has 2 aromatic rings. The van der Waals surface area contributed by atoms with Gasteiger partial charge in [-0.05, 0) is 50.3 Å². The van der Waals surface area contributed by atoms with Crippen molar-refractivity contribution in [2.75, 3.05) is 6.54 Å². The summed E-state index contributed by atoms with van der Waals surface area (Å²) in [5.74, 6) is 1.66. The molecular weight excluding hydrogens is 278 g/mol. The zero-order chi connectivity index (χ0) is 15.5. The third-order valence-electron chi connectivity index (χ3n) is 4.21. The lowest BCUT2D eigenvalue weighted by molar-refractivity contribution is -0.134. The van der Waals surface area contributed by atoms with Gasteiger partial charge in [-0.1, -0.05) is 0 Å². The number of rotatable bonds is 3. The van der Waals surface area contributed by atoms with Crippen LogP contribution in [0.5, 0.6) is 0 Å². The van der Waals surface area contributed by atoms with Gasteiger partial charge in [0.05, 0.1) is 12.5 Å². The van der Waals surface area contributed by atoms with Crippen LogP contribution in [0.2, 0.25) is 0 Å². The summed E-state index contributed by atoms with van der Waals surface area (Å²) in [6.45, 7) is 4.65. The Hall–Kier alpha value is -2.24. The largest absolute Gasteiger partial charge is 0.332 e. The number of aromatic amines is 1. The van der Waals surface area contributed by atoms with Crippen molar-refractivity contribution in [3.63, 3.8) is 0 Å². The molecule has 0 bridgehead atoms. The molecule has 116 valence electrons. The maximum Gasteiger partial charge on any atom is 0.227 e. The van der Waals surface area contributed by atoms with Crippen molar-refractivity contribution in [1.82, 2.24) is 25.1 Å². The molecule has 22 heavy (non-hydrogen) atoms. The van der Waals surface area contributed by atoms with Crippen LogP contribution in [-0.4, -0.2) is 37.5 Å². The molecule has 1 fully saturated rings. The monoisotopic (exact) mass is 299 g/mol. The fraction of sp³-hybridized carbons (Fsp3) is 0.500. The van der Waals surface area contributed by atoms with Gasteiger partial charge in [0.1, 0.15) is 5.82 Å².